The van der Waals surface area contributed by atoms with Gasteiger partial charge in [-0.15, -0.1) is 0 Å². The van der Waals surface area contributed by atoms with Crippen LogP contribution in [0.1, 0.15) is 11.5 Å². The van der Waals surface area contributed by atoms with Crippen molar-refractivity contribution in [3.8, 4) is 5.75 Å². The molecule has 0 spiro atoms. The molecule has 1 saturated heterocycles. The Balaban J connectivity index is 2.26. The van der Waals surface area contributed by atoms with Gasteiger partial charge in [0.1, 0.15) is 11.7 Å². The van der Waals surface area contributed by atoms with Crippen molar-refractivity contribution in [3.05, 3.63) is 29.8 Å². The highest BCUT2D eigenvalue weighted by Gasteiger charge is 2.40. The summed E-state index contributed by atoms with van der Waals surface area (Å²) in [6.07, 6.45) is 0. The molecule has 1 aliphatic rings. The van der Waals surface area contributed by atoms with Crippen molar-refractivity contribution in [1.29, 1.82) is 0 Å². The van der Waals surface area contributed by atoms with E-state index in [-0.39, 0.29) is 5.92 Å². The Morgan fingerprint density at radius 2 is 2.06 bits per heavy atom. The Bertz CT molecular complexity index is 440. The zero-order chi connectivity index (χ0) is 12.4. The summed E-state index contributed by atoms with van der Waals surface area (Å²) < 4.78 is 5.03. The third-order valence-electron chi connectivity index (χ3n) is 2.99. The first-order chi connectivity index (χ1) is 8.13. The minimum absolute atomic E-state index is 0.314. The molecule has 1 heterocycles. The number of hydrogen-bond donors (Lipinski definition) is 2. The summed E-state index contributed by atoms with van der Waals surface area (Å²) in [5, 5.41) is 11.6. The second-order valence-corrected chi connectivity index (χ2v) is 3.94. The first-order valence-electron chi connectivity index (χ1n) is 5.28. The lowest BCUT2D eigenvalue weighted by Crippen LogP contribution is -2.26. The Morgan fingerprint density at radius 3 is 2.59 bits per heavy atom. The van der Waals surface area contributed by atoms with Crippen LogP contribution < -0.4 is 10.1 Å². The van der Waals surface area contributed by atoms with Crippen molar-refractivity contribution in [2.75, 3.05) is 13.7 Å². The molecule has 0 bridgehead atoms. The molecule has 2 atom stereocenters. The number of ether oxygens (including phenoxy) is 1. The molecule has 0 radical (unpaired) electrons. The highest BCUT2D eigenvalue weighted by atomic mass is 16.5. The third-order valence-corrected chi connectivity index (χ3v) is 2.99. The van der Waals surface area contributed by atoms with E-state index >= 15 is 0 Å². The largest absolute Gasteiger partial charge is 0.497 e. The van der Waals surface area contributed by atoms with E-state index in [0.717, 1.165) is 5.56 Å². The van der Waals surface area contributed by atoms with E-state index in [2.05, 4.69) is 5.32 Å². The maximum atomic E-state index is 11.4. The molecule has 1 fully saturated rings. The van der Waals surface area contributed by atoms with E-state index in [1.165, 1.54) is 0 Å². The number of carbonyl (C=O) groups is 2. The van der Waals surface area contributed by atoms with Gasteiger partial charge in [0.15, 0.2) is 0 Å². The Labute approximate surface area is 98.4 Å². The van der Waals surface area contributed by atoms with Gasteiger partial charge >= 0.3 is 5.97 Å². The zero-order valence-electron chi connectivity index (χ0n) is 9.34. The fourth-order valence-electron chi connectivity index (χ4n) is 2.07. The Hall–Kier alpha value is -2.04. The number of nitrogens with one attached hydrogen (secondary N) is 1. The lowest BCUT2D eigenvalue weighted by atomic mass is 9.88. The predicted molar refractivity (Wildman–Crippen MR) is 59.9 cm³/mol. The second kappa shape index (κ2) is 4.45. The van der Waals surface area contributed by atoms with E-state index in [0.29, 0.717) is 12.3 Å². The fourth-order valence-corrected chi connectivity index (χ4v) is 2.07. The molecule has 5 nitrogen and oxygen atoms in total. The molecule has 2 rings (SSSR count). The molecular formula is C12H13NO4. The highest BCUT2D eigenvalue weighted by molar-refractivity contribution is 5.99. The molecule has 0 aliphatic carbocycles. The van der Waals surface area contributed by atoms with E-state index < -0.39 is 17.8 Å². The van der Waals surface area contributed by atoms with E-state index in [4.69, 9.17) is 9.84 Å². The zero-order valence-corrected chi connectivity index (χ0v) is 9.34. The Morgan fingerprint density at radius 1 is 1.41 bits per heavy atom. The van der Waals surface area contributed by atoms with Gasteiger partial charge < -0.3 is 15.2 Å². The minimum Gasteiger partial charge on any atom is -0.497 e. The molecule has 0 saturated carbocycles. The van der Waals surface area contributed by atoms with Crippen LogP contribution in [0.15, 0.2) is 24.3 Å². The molecule has 5 heteroatoms. The third kappa shape index (κ3) is 2.08. The number of amides is 1. The molecule has 1 aliphatic heterocycles. The molecular weight excluding hydrogens is 222 g/mol. The van der Waals surface area contributed by atoms with Crippen LogP contribution in [0.3, 0.4) is 0 Å². The van der Waals surface area contributed by atoms with Crippen LogP contribution in [0.4, 0.5) is 0 Å². The maximum Gasteiger partial charge on any atom is 0.316 e. The molecule has 90 valence electrons. The van der Waals surface area contributed by atoms with Gasteiger partial charge in [-0.3, -0.25) is 9.59 Å². The summed E-state index contributed by atoms with van der Waals surface area (Å²) in [4.78, 5) is 22.4. The first kappa shape index (κ1) is 11.4. The number of rotatable bonds is 3. The highest BCUT2D eigenvalue weighted by Crippen LogP contribution is 2.30. The standard InChI is InChI=1S/C12H13NO4/c1-17-8-4-2-7(3-5-8)9-6-13-11(14)10(9)12(15)16/h2-5,9-10H,6H2,1H3,(H,13,14)(H,15,16)/t9?,10-/m0/s1. The summed E-state index contributed by atoms with van der Waals surface area (Å²) in [6, 6.07) is 7.10. The fraction of sp³-hybridized carbons (Fsp3) is 0.333. The van der Waals surface area contributed by atoms with Gasteiger partial charge in [-0.2, -0.15) is 0 Å². The quantitative estimate of drug-likeness (QED) is 0.753. The summed E-state index contributed by atoms with van der Waals surface area (Å²) in [5.41, 5.74) is 0.830. The average Bonchev–Trinajstić information content (AvgIpc) is 2.71. The van der Waals surface area contributed by atoms with Crippen molar-refractivity contribution >= 4 is 11.9 Å². The van der Waals surface area contributed by atoms with Crippen LogP contribution in [0, 0.1) is 5.92 Å². The predicted octanol–water partition coefficient (Wildman–Crippen LogP) is 0.609. The number of aliphatic carboxylic acids is 1. The topological polar surface area (TPSA) is 75.6 Å². The number of hydrogen-bond acceptors (Lipinski definition) is 3. The Kier molecular flexibility index (Phi) is 2.99. The molecule has 2 N–H and O–H groups in total. The van der Waals surface area contributed by atoms with Crippen LogP contribution in [0.2, 0.25) is 0 Å². The van der Waals surface area contributed by atoms with Gasteiger partial charge in [0.25, 0.3) is 0 Å². The smallest absolute Gasteiger partial charge is 0.316 e. The van der Waals surface area contributed by atoms with Crippen LogP contribution in [0.5, 0.6) is 5.75 Å². The monoisotopic (exact) mass is 235 g/mol. The van der Waals surface area contributed by atoms with Crippen LogP contribution in [0.25, 0.3) is 0 Å². The van der Waals surface area contributed by atoms with E-state index in [9.17, 15) is 9.59 Å². The SMILES string of the molecule is COc1ccc(C2CNC(=O)[C@H]2C(=O)O)cc1. The van der Waals surface area contributed by atoms with Crippen molar-refractivity contribution in [3.63, 3.8) is 0 Å². The van der Waals surface area contributed by atoms with E-state index in [1.807, 2.05) is 0 Å². The van der Waals surface area contributed by atoms with E-state index in [1.54, 1.807) is 31.4 Å². The first-order valence-corrected chi connectivity index (χ1v) is 5.28. The second-order valence-electron chi connectivity index (χ2n) is 3.94. The molecule has 17 heavy (non-hydrogen) atoms. The van der Waals surface area contributed by atoms with Crippen LogP contribution in [-0.4, -0.2) is 30.6 Å². The van der Waals surface area contributed by atoms with Gasteiger partial charge in [0.05, 0.1) is 7.11 Å². The number of carboxylic acids is 1. The van der Waals surface area contributed by atoms with Crippen molar-refractivity contribution in [2.24, 2.45) is 5.92 Å². The average molecular weight is 235 g/mol. The van der Waals surface area contributed by atoms with Crippen molar-refractivity contribution in [2.45, 2.75) is 5.92 Å². The van der Waals surface area contributed by atoms with Crippen molar-refractivity contribution in [1.82, 2.24) is 5.32 Å². The number of benzene rings is 1. The molecule has 1 aromatic carbocycles. The van der Waals surface area contributed by atoms with Crippen LogP contribution >= 0.6 is 0 Å². The summed E-state index contributed by atoms with van der Waals surface area (Å²) in [7, 11) is 1.57. The molecule has 0 aromatic heterocycles. The number of methoxy groups -OCH3 is 1. The summed E-state index contributed by atoms with van der Waals surface area (Å²) in [6.45, 7) is 0.363. The maximum absolute atomic E-state index is 11.4. The number of carboxylic acid groups (broad SMARTS) is 1. The number of carbonyl (C=O) groups excluding carboxylic acids is 1. The summed E-state index contributed by atoms with van der Waals surface area (Å²) >= 11 is 0. The molecule has 1 amide bonds. The van der Waals surface area contributed by atoms with Crippen LogP contribution in [-0.2, 0) is 9.59 Å². The lowest BCUT2D eigenvalue weighted by Gasteiger charge is -2.13. The van der Waals surface area contributed by atoms with Gasteiger partial charge in [-0.1, -0.05) is 12.1 Å². The van der Waals surface area contributed by atoms with Gasteiger partial charge in [-0.25, -0.2) is 0 Å². The van der Waals surface area contributed by atoms with Gasteiger partial charge in [0.2, 0.25) is 5.91 Å². The lowest BCUT2D eigenvalue weighted by molar-refractivity contribution is -0.145. The summed E-state index contributed by atoms with van der Waals surface area (Å²) in [5.74, 6) is -2.11. The normalized spacial score (nSPS) is 23.2. The van der Waals surface area contributed by atoms with Gasteiger partial charge in [-0.05, 0) is 17.7 Å². The van der Waals surface area contributed by atoms with Crippen molar-refractivity contribution < 1.29 is 19.4 Å². The minimum atomic E-state index is -1.08. The van der Waals surface area contributed by atoms with Gasteiger partial charge in [0, 0.05) is 12.5 Å². The molecule has 1 unspecified atom stereocenters. The molecule has 1 aromatic rings.